The van der Waals surface area contributed by atoms with E-state index in [1.165, 1.54) is 12.1 Å². The van der Waals surface area contributed by atoms with Crippen LogP contribution >= 0.6 is 23.2 Å². The Bertz CT molecular complexity index is 456. The van der Waals surface area contributed by atoms with E-state index in [4.69, 9.17) is 33.7 Å². The van der Waals surface area contributed by atoms with Crippen LogP contribution in [0.25, 0.3) is 0 Å². The van der Waals surface area contributed by atoms with E-state index in [-0.39, 0.29) is 21.8 Å². The van der Waals surface area contributed by atoms with Gasteiger partial charge in [0, 0.05) is 13.1 Å². The number of esters is 1. The van der Waals surface area contributed by atoms with E-state index in [9.17, 15) is 4.79 Å². The summed E-state index contributed by atoms with van der Waals surface area (Å²) in [5, 5.41) is 0.524. The van der Waals surface area contributed by atoms with Gasteiger partial charge in [0.15, 0.2) is 0 Å². The molecular formula is C12H14Cl2N2O2. The monoisotopic (exact) mass is 288 g/mol. The summed E-state index contributed by atoms with van der Waals surface area (Å²) >= 11 is 11.8. The zero-order valence-electron chi connectivity index (χ0n) is 9.95. The SMILES string of the molecule is CN1CCC(OC(=O)c2cc(Cl)c(N)c(Cl)c2)C1. The number of nitrogens with zero attached hydrogens (tertiary/aromatic N) is 1. The number of halogens is 2. The molecule has 1 aromatic rings. The predicted molar refractivity (Wildman–Crippen MR) is 72.2 cm³/mol. The molecule has 6 heteroatoms. The number of hydrogen-bond donors (Lipinski definition) is 1. The number of likely N-dealkylation sites (tertiary alicyclic amines) is 1. The minimum Gasteiger partial charge on any atom is -0.457 e. The van der Waals surface area contributed by atoms with Gasteiger partial charge >= 0.3 is 5.97 Å². The van der Waals surface area contributed by atoms with Crippen molar-refractivity contribution < 1.29 is 9.53 Å². The van der Waals surface area contributed by atoms with E-state index < -0.39 is 5.97 Å². The lowest BCUT2D eigenvalue weighted by Crippen LogP contribution is -2.22. The molecule has 18 heavy (non-hydrogen) atoms. The number of carbonyl (C=O) groups excluding carboxylic acids is 1. The molecule has 4 nitrogen and oxygen atoms in total. The van der Waals surface area contributed by atoms with Crippen LogP contribution in [0.2, 0.25) is 10.0 Å². The number of ether oxygens (including phenoxy) is 1. The van der Waals surface area contributed by atoms with E-state index in [0.29, 0.717) is 5.56 Å². The first-order chi connectivity index (χ1) is 8.47. The minimum absolute atomic E-state index is 0.0717. The molecular weight excluding hydrogens is 275 g/mol. The van der Waals surface area contributed by atoms with Gasteiger partial charge in [-0.1, -0.05) is 23.2 Å². The Morgan fingerprint density at radius 1 is 1.44 bits per heavy atom. The lowest BCUT2D eigenvalue weighted by Gasteiger charge is -2.13. The number of hydrogen-bond acceptors (Lipinski definition) is 4. The van der Waals surface area contributed by atoms with Crippen molar-refractivity contribution in [1.82, 2.24) is 4.90 Å². The summed E-state index contributed by atoms with van der Waals surface area (Å²) in [6.07, 6.45) is 0.774. The van der Waals surface area contributed by atoms with Gasteiger partial charge in [-0.3, -0.25) is 0 Å². The first kappa shape index (κ1) is 13.5. The van der Waals surface area contributed by atoms with Crippen molar-refractivity contribution in [1.29, 1.82) is 0 Å². The van der Waals surface area contributed by atoms with Gasteiger partial charge in [-0.05, 0) is 25.6 Å². The van der Waals surface area contributed by atoms with Crippen molar-refractivity contribution in [2.24, 2.45) is 0 Å². The molecule has 1 fully saturated rings. The van der Waals surface area contributed by atoms with Crippen LogP contribution in [0.15, 0.2) is 12.1 Å². The molecule has 0 bridgehead atoms. The Morgan fingerprint density at radius 3 is 2.56 bits per heavy atom. The van der Waals surface area contributed by atoms with Crippen molar-refractivity contribution >= 4 is 34.9 Å². The molecule has 1 aliphatic rings. The third-order valence-electron chi connectivity index (χ3n) is 2.94. The summed E-state index contributed by atoms with van der Waals surface area (Å²) < 4.78 is 5.38. The van der Waals surface area contributed by atoms with Crippen LogP contribution in [0.5, 0.6) is 0 Å². The predicted octanol–water partition coefficient (Wildman–Crippen LogP) is 2.44. The maximum absolute atomic E-state index is 11.9. The number of benzene rings is 1. The van der Waals surface area contributed by atoms with E-state index in [0.717, 1.165) is 19.5 Å². The average molecular weight is 289 g/mol. The zero-order valence-corrected chi connectivity index (χ0v) is 11.5. The van der Waals surface area contributed by atoms with Crippen molar-refractivity contribution in [3.8, 4) is 0 Å². The third-order valence-corrected chi connectivity index (χ3v) is 3.56. The summed E-state index contributed by atoms with van der Waals surface area (Å²) in [5.41, 5.74) is 6.21. The summed E-state index contributed by atoms with van der Waals surface area (Å²) in [6, 6.07) is 2.95. The normalized spacial score (nSPS) is 20.1. The van der Waals surface area contributed by atoms with Crippen molar-refractivity contribution in [3.05, 3.63) is 27.7 Å². The standard InChI is InChI=1S/C12H14Cl2N2O2/c1-16-3-2-8(6-16)18-12(17)7-4-9(13)11(15)10(14)5-7/h4-5,8H,2-3,6,15H2,1H3. The van der Waals surface area contributed by atoms with Gasteiger partial charge in [0.1, 0.15) is 6.10 Å². The molecule has 0 aliphatic carbocycles. The van der Waals surface area contributed by atoms with Crippen LogP contribution in [-0.4, -0.2) is 37.1 Å². The number of nitrogens with two attached hydrogens (primary N) is 1. The van der Waals surface area contributed by atoms with Crippen LogP contribution in [0.4, 0.5) is 5.69 Å². The van der Waals surface area contributed by atoms with Gasteiger partial charge in [0.05, 0.1) is 21.3 Å². The molecule has 2 rings (SSSR count). The first-order valence-corrected chi connectivity index (χ1v) is 6.37. The summed E-state index contributed by atoms with van der Waals surface area (Å²) in [5.74, 6) is -0.418. The highest BCUT2D eigenvalue weighted by atomic mass is 35.5. The van der Waals surface area contributed by atoms with E-state index >= 15 is 0 Å². The second kappa shape index (κ2) is 5.34. The van der Waals surface area contributed by atoms with E-state index in [1.54, 1.807) is 0 Å². The van der Waals surface area contributed by atoms with Crippen LogP contribution in [0, 0.1) is 0 Å². The Balaban J connectivity index is 2.09. The Labute approximate surface area is 116 Å². The average Bonchev–Trinajstić information content (AvgIpc) is 2.71. The maximum atomic E-state index is 11.9. The van der Waals surface area contributed by atoms with Crippen LogP contribution < -0.4 is 5.73 Å². The fourth-order valence-corrected chi connectivity index (χ4v) is 2.40. The Hall–Kier alpha value is -0.970. The van der Waals surface area contributed by atoms with Gasteiger partial charge in [-0.15, -0.1) is 0 Å². The molecule has 1 atom stereocenters. The van der Waals surface area contributed by atoms with Crippen molar-refractivity contribution in [2.45, 2.75) is 12.5 Å². The maximum Gasteiger partial charge on any atom is 0.338 e. The van der Waals surface area contributed by atoms with Gasteiger partial charge in [0.2, 0.25) is 0 Å². The highest BCUT2D eigenvalue weighted by molar-refractivity contribution is 6.39. The fraction of sp³-hybridized carbons (Fsp3) is 0.417. The molecule has 98 valence electrons. The Morgan fingerprint density at radius 2 is 2.06 bits per heavy atom. The van der Waals surface area contributed by atoms with Crippen LogP contribution in [0.1, 0.15) is 16.8 Å². The molecule has 1 aromatic carbocycles. The number of nitrogen functional groups attached to an aromatic ring is 1. The highest BCUT2D eigenvalue weighted by Gasteiger charge is 2.24. The number of anilines is 1. The number of likely N-dealkylation sites (N-methyl/N-ethyl adjacent to an activating group) is 1. The van der Waals surface area contributed by atoms with Gasteiger partial charge < -0.3 is 15.4 Å². The van der Waals surface area contributed by atoms with Crippen LogP contribution in [0.3, 0.4) is 0 Å². The summed E-state index contributed by atoms with van der Waals surface area (Å²) in [7, 11) is 1.99. The molecule has 0 saturated carbocycles. The first-order valence-electron chi connectivity index (χ1n) is 5.61. The lowest BCUT2D eigenvalue weighted by atomic mass is 10.2. The number of carbonyl (C=O) groups is 1. The van der Waals surface area contributed by atoms with Gasteiger partial charge in [-0.2, -0.15) is 0 Å². The molecule has 0 aromatic heterocycles. The molecule has 1 unspecified atom stereocenters. The fourth-order valence-electron chi connectivity index (χ4n) is 1.91. The quantitative estimate of drug-likeness (QED) is 0.671. The smallest absolute Gasteiger partial charge is 0.338 e. The van der Waals surface area contributed by atoms with Gasteiger partial charge in [-0.25, -0.2) is 4.79 Å². The molecule has 1 saturated heterocycles. The molecule has 2 N–H and O–H groups in total. The van der Waals surface area contributed by atoms with Crippen LogP contribution in [-0.2, 0) is 4.74 Å². The largest absolute Gasteiger partial charge is 0.457 e. The van der Waals surface area contributed by atoms with E-state index in [1.807, 2.05) is 7.05 Å². The summed E-state index contributed by atoms with van der Waals surface area (Å²) in [4.78, 5) is 14.0. The summed E-state index contributed by atoms with van der Waals surface area (Å²) in [6.45, 7) is 1.68. The second-order valence-corrected chi connectivity index (χ2v) is 5.25. The lowest BCUT2D eigenvalue weighted by molar-refractivity contribution is 0.0327. The molecule has 0 amide bonds. The second-order valence-electron chi connectivity index (χ2n) is 4.43. The van der Waals surface area contributed by atoms with Crippen molar-refractivity contribution in [3.63, 3.8) is 0 Å². The number of rotatable bonds is 2. The third kappa shape index (κ3) is 2.88. The highest BCUT2D eigenvalue weighted by Crippen LogP contribution is 2.29. The molecule has 0 spiro atoms. The minimum atomic E-state index is -0.418. The molecule has 1 aliphatic heterocycles. The molecule has 1 heterocycles. The van der Waals surface area contributed by atoms with E-state index in [2.05, 4.69) is 4.90 Å². The topological polar surface area (TPSA) is 55.6 Å². The molecule has 0 radical (unpaired) electrons. The Kier molecular flexibility index (Phi) is 4.00. The van der Waals surface area contributed by atoms with Gasteiger partial charge in [0.25, 0.3) is 0 Å². The van der Waals surface area contributed by atoms with Crippen molar-refractivity contribution in [2.75, 3.05) is 25.9 Å². The zero-order chi connectivity index (χ0) is 13.3.